The molecule has 1 atom stereocenters. The standard InChI is InChI=1S/C8H19N3O3S/c1-8(2)6-11(15(12,13)10-3)5-7(4-9)14-8/h7,10H,4-6,9H2,1-3H3. The Labute approximate surface area is 90.9 Å². The molecule has 0 saturated carbocycles. The van der Waals surface area contributed by atoms with Crippen molar-refractivity contribution in [1.82, 2.24) is 9.03 Å². The van der Waals surface area contributed by atoms with E-state index in [4.69, 9.17) is 10.5 Å². The Balaban J connectivity index is 2.84. The lowest BCUT2D eigenvalue weighted by atomic mass is 10.1. The van der Waals surface area contributed by atoms with Gasteiger partial charge >= 0.3 is 0 Å². The molecular formula is C8H19N3O3S. The van der Waals surface area contributed by atoms with Crippen LogP contribution in [0.15, 0.2) is 0 Å². The lowest BCUT2D eigenvalue weighted by molar-refractivity contribution is -0.113. The Morgan fingerprint density at radius 1 is 1.60 bits per heavy atom. The van der Waals surface area contributed by atoms with Gasteiger partial charge in [-0.2, -0.15) is 12.7 Å². The summed E-state index contributed by atoms with van der Waals surface area (Å²) in [7, 11) is -1.99. The van der Waals surface area contributed by atoms with Crippen LogP contribution in [0.5, 0.6) is 0 Å². The zero-order chi connectivity index (χ0) is 11.7. The number of rotatable bonds is 3. The van der Waals surface area contributed by atoms with Gasteiger partial charge in [0.2, 0.25) is 0 Å². The zero-order valence-corrected chi connectivity index (χ0v) is 10.2. The molecule has 0 aromatic heterocycles. The first-order valence-electron chi connectivity index (χ1n) is 4.87. The highest BCUT2D eigenvalue weighted by atomic mass is 32.2. The van der Waals surface area contributed by atoms with E-state index in [1.807, 2.05) is 13.8 Å². The van der Waals surface area contributed by atoms with E-state index in [9.17, 15) is 8.42 Å². The largest absolute Gasteiger partial charge is 0.368 e. The van der Waals surface area contributed by atoms with Crippen molar-refractivity contribution in [2.24, 2.45) is 5.73 Å². The van der Waals surface area contributed by atoms with E-state index >= 15 is 0 Å². The SMILES string of the molecule is CNS(=O)(=O)N1CC(CN)OC(C)(C)C1. The molecular weight excluding hydrogens is 218 g/mol. The summed E-state index contributed by atoms with van der Waals surface area (Å²) in [5, 5.41) is 0. The molecule has 0 radical (unpaired) electrons. The molecule has 1 aliphatic heterocycles. The number of nitrogens with one attached hydrogen (secondary N) is 1. The van der Waals surface area contributed by atoms with Gasteiger partial charge in [-0.05, 0) is 13.8 Å². The summed E-state index contributed by atoms with van der Waals surface area (Å²) in [4.78, 5) is 0. The third kappa shape index (κ3) is 3.12. The summed E-state index contributed by atoms with van der Waals surface area (Å²) in [6.45, 7) is 4.68. The Morgan fingerprint density at radius 3 is 2.67 bits per heavy atom. The molecule has 1 unspecified atom stereocenters. The van der Waals surface area contributed by atoms with E-state index < -0.39 is 15.8 Å². The van der Waals surface area contributed by atoms with E-state index in [1.165, 1.54) is 11.4 Å². The van der Waals surface area contributed by atoms with Crippen molar-refractivity contribution < 1.29 is 13.2 Å². The minimum atomic E-state index is -3.39. The predicted octanol–water partition coefficient (Wildman–Crippen LogP) is -1.11. The maximum absolute atomic E-state index is 11.6. The summed E-state index contributed by atoms with van der Waals surface area (Å²) >= 11 is 0. The van der Waals surface area contributed by atoms with Crippen molar-refractivity contribution in [1.29, 1.82) is 0 Å². The van der Waals surface area contributed by atoms with Gasteiger partial charge in [0.15, 0.2) is 0 Å². The van der Waals surface area contributed by atoms with Gasteiger partial charge in [0.25, 0.3) is 10.2 Å². The number of morpholine rings is 1. The van der Waals surface area contributed by atoms with Crippen LogP contribution in [0.4, 0.5) is 0 Å². The van der Waals surface area contributed by atoms with Gasteiger partial charge in [-0.1, -0.05) is 0 Å². The highest BCUT2D eigenvalue weighted by Gasteiger charge is 2.37. The number of nitrogens with two attached hydrogens (primary N) is 1. The van der Waals surface area contributed by atoms with Gasteiger partial charge in [0, 0.05) is 26.7 Å². The van der Waals surface area contributed by atoms with Crippen molar-refractivity contribution in [2.75, 3.05) is 26.7 Å². The average Bonchev–Trinajstić information content (AvgIpc) is 2.15. The number of ether oxygens (including phenoxy) is 1. The normalized spacial score (nSPS) is 27.9. The van der Waals surface area contributed by atoms with Crippen LogP contribution in [0.1, 0.15) is 13.8 Å². The molecule has 1 rings (SSSR count). The van der Waals surface area contributed by atoms with Crippen molar-refractivity contribution in [2.45, 2.75) is 25.6 Å². The second-order valence-electron chi connectivity index (χ2n) is 4.24. The van der Waals surface area contributed by atoms with Gasteiger partial charge in [0.05, 0.1) is 11.7 Å². The highest BCUT2D eigenvalue weighted by molar-refractivity contribution is 7.87. The molecule has 6 nitrogen and oxygen atoms in total. The smallest absolute Gasteiger partial charge is 0.279 e. The Morgan fingerprint density at radius 2 is 2.20 bits per heavy atom. The summed E-state index contributed by atoms with van der Waals surface area (Å²) in [6, 6.07) is 0. The molecule has 0 amide bonds. The van der Waals surface area contributed by atoms with Crippen LogP contribution in [0, 0.1) is 0 Å². The lowest BCUT2D eigenvalue weighted by Gasteiger charge is -2.41. The molecule has 3 N–H and O–H groups in total. The first-order chi connectivity index (χ1) is 6.80. The molecule has 15 heavy (non-hydrogen) atoms. The summed E-state index contributed by atoms with van der Waals surface area (Å²) in [5.74, 6) is 0. The molecule has 1 fully saturated rings. The van der Waals surface area contributed by atoms with Crippen molar-refractivity contribution in [3.63, 3.8) is 0 Å². The third-order valence-corrected chi connectivity index (χ3v) is 3.78. The Bertz CT molecular complexity index is 315. The van der Waals surface area contributed by atoms with E-state index in [2.05, 4.69) is 4.72 Å². The van der Waals surface area contributed by atoms with Gasteiger partial charge in [-0.15, -0.1) is 0 Å². The fraction of sp³-hybridized carbons (Fsp3) is 1.00. The highest BCUT2D eigenvalue weighted by Crippen LogP contribution is 2.21. The monoisotopic (exact) mass is 237 g/mol. The van der Waals surface area contributed by atoms with E-state index in [0.29, 0.717) is 19.6 Å². The molecule has 0 spiro atoms. The summed E-state index contributed by atoms with van der Waals surface area (Å²) in [6.07, 6.45) is -0.239. The number of hydrogen-bond donors (Lipinski definition) is 2. The molecule has 0 aromatic rings. The Hall–Kier alpha value is -0.210. The summed E-state index contributed by atoms with van der Waals surface area (Å²) in [5.41, 5.74) is 5.01. The molecule has 1 saturated heterocycles. The van der Waals surface area contributed by atoms with Crippen LogP contribution in [0.3, 0.4) is 0 Å². The second kappa shape index (κ2) is 4.34. The molecule has 1 heterocycles. The van der Waals surface area contributed by atoms with E-state index in [0.717, 1.165) is 0 Å². The maximum Gasteiger partial charge on any atom is 0.279 e. The molecule has 0 aliphatic carbocycles. The van der Waals surface area contributed by atoms with Gasteiger partial charge in [0.1, 0.15) is 0 Å². The van der Waals surface area contributed by atoms with Crippen molar-refractivity contribution in [3.05, 3.63) is 0 Å². The van der Waals surface area contributed by atoms with E-state index in [1.54, 1.807) is 0 Å². The van der Waals surface area contributed by atoms with Crippen LogP contribution in [0.2, 0.25) is 0 Å². The molecule has 0 aromatic carbocycles. The van der Waals surface area contributed by atoms with Gasteiger partial charge in [-0.25, -0.2) is 4.72 Å². The zero-order valence-electron chi connectivity index (χ0n) is 9.36. The minimum absolute atomic E-state index is 0.239. The third-order valence-electron chi connectivity index (χ3n) is 2.31. The molecule has 0 bridgehead atoms. The molecule has 1 aliphatic rings. The van der Waals surface area contributed by atoms with Crippen LogP contribution in [-0.4, -0.2) is 51.1 Å². The fourth-order valence-corrected chi connectivity index (χ4v) is 2.78. The van der Waals surface area contributed by atoms with Crippen molar-refractivity contribution in [3.8, 4) is 0 Å². The lowest BCUT2D eigenvalue weighted by Crippen LogP contribution is -2.58. The molecule has 90 valence electrons. The van der Waals surface area contributed by atoms with Crippen LogP contribution in [-0.2, 0) is 14.9 Å². The quantitative estimate of drug-likeness (QED) is 0.652. The minimum Gasteiger partial charge on any atom is -0.368 e. The van der Waals surface area contributed by atoms with Gasteiger partial charge in [-0.3, -0.25) is 0 Å². The van der Waals surface area contributed by atoms with E-state index in [-0.39, 0.29) is 6.10 Å². The summed E-state index contributed by atoms with van der Waals surface area (Å²) < 4.78 is 32.5. The van der Waals surface area contributed by atoms with Crippen molar-refractivity contribution >= 4 is 10.2 Å². The number of nitrogens with zero attached hydrogens (tertiary/aromatic N) is 1. The second-order valence-corrected chi connectivity index (χ2v) is 6.11. The number of hydrogen-bond acceptors (Lipinski definition) is 4. The van der Waals surface area contributed by atoms with Crippen LogP contribution in [0.25, 0.3) is 0 Å². The van der Waals surface area contributed by atoms with Gasteiger partial charge < -0.3 is 10.5 Å². The Kier molecular flexibility index (Phi) is 3.72. The van der Waals surface area contributed by atoms with Crippen LogP contribution < -0.4 is 10.5 Å². The average molecular weight is 237 g/mol. The molecule has 7 heteroatoms. The fourth-order valence-electron chi connectivity index (χ4n) is 1.68. The predicted molar refractivity (Wildman–Crippen MR) is 57.6 cm³/mol. The van der Waals surface area contributed by atoms with Crippen LogP contribution >= 0.6 is 0 Å². The maximum atomic E-state index is 11.6. The first-order valence-corrected chi connectivity index (χ1v) is 6.31. The first kappa shape index (κ1) is 12.9. The topological polar surface area (TPSA) is 84.7 Å².